The minimum Gasteiger partial charge on any atom is -0.303 e. The number of hydrogen-bond acceptors (Lipinski definition) is 1. The molecule has 0 radical (unpaired) electrons. The molecule has 1 atom stereocenters. The maximum absolute atomic E-state index is 10.3. The molecule has 0 aliphatic carbocycles. The third kappa shape index (κ3) is 5.67. The maximum atomic E-state index is 10.3. The summed E-state index contributed by atoms with van der Waals surface area (Å²) < 4.78 is 0. The molecule has 94 valence electrons. The molecule has 1 aromatic carbocycles. The number of benzene rings is 1. The zero-order valence-electron chi connectivity index (χ0n) is 10.9. The van der Waals surface area contributed by atoms with Crippen molar-refractivity contribution in [2.45, 2.75) is 57.8 Å². The topological polar surface area (TPSA) is 17.1 Å². The Morgan fingerprint density at radius 2 is 1.76 bits per heavy atom. The van der Waals surface area contributed by atoms with Gasteiger partial charge in [0, 0.05) is 6.42 Å². The van der Waals surface area contributed by atoms with Crippen molar-refractivity contribution in [3.63, 3.8) is 0 Å². The largest absolute Gasteiger partial charge is 0.303 e. The van der Waals surface area contributed by atoms with E-state index < -0.39 is 0 Å². The molecule has 1 rings (SSSR count). The van der Waals surface area contributed by atoms with E-state index >= 15 is 0 Å². The van der Waals surface area contributed by atoms with E-state index in [1.165, 1.54) is 37.7 Å². The van der Waals surface area contributed by atoms with E-state index in [0.717, 1.165) is 19.1 Å². The van der Waals surface area contributed by atoms with Gasteiger partial charge in [-0.2, -0.15) is 0 Å². The first-order valence-corrected chi connectivity index (χ1v) is 6.87. The minimum absolute atomic E-state index is 0.683. The van der Waals surface area contributed by atoms with Crippen LogP contribution in [0.4, 0.5) is 0 Å². The fraction of sp³-hybridized carbons (Fsp3) is 0.562. The van der Waals surface area contributed by atoms with Gasteiger partial charge in [0.1, 0.15) is 6.29 Å². The van der Waals surface area contributed by atoms with Crippen molar-refractivity contribution in [2.24, 2.45) is 0 Å². The first-order chi connectivity index (χ1) is 8.38. The molecular weight excluding hydrogens is 208 g/mol. The maximum Gasteiger partial charge on any atom is 0.119 e. The summed E-state index contributed by atoms with van der Waals surface area (Å²) in [5, 5.41) is 0. The third-order valence-electron chi connectivity index (χ3n) is 3.30. The SMILES string of the molecule is CCCCC(CCCCC=O)c1ccccc1. The molecule has 1 heteroatoms. The van der Waals surface area contributed by atoms with Crippen LogP contribution >= 0.6 is 0 Å². The average Bonchev–Trinajstić information content (AvgIpc) is 2.39. The second-order valence-corrected chi connectivity index (χ2v) is 4.70. The van der Waals surface area contributed by atoms with Crippen LogP contribution < -0.4 is 0 Å². The highest BCUT2D eigenvalue weighted by atomic mass is 16.1. The fourth-order valence-corrected chi connectivity index (χ4v) is 2.27. The molecule has 1 unspecified atom stereocenters. The lowest BCUT2D eigenvalue weighted by atomic mass is 9.89. The molecule has 0 aliphatic heterocycles. The third-order valence-corrected chi connectivity index (χ3v) is 3.30. The van der Waals surface area contributed by atoms with Crippen LogP contribution in [-0.4, -0.2) is 6.29 Å². The Morgan fingerprint density at radius 1 is 1.06 bits per heavy atom. The molecule has 0 saturated carbocycles. The number of aldehydes is 1. The predicted molar refractivity (Wildman–Crippen MR) is 73.2 cm³/mol. The van der Waals surface area contributed by atoms with E-state index in [-0.39, 0.29) is 0 Å². The van der Waals surface area contributed by atoms with Gasteiger partial charge in [-0.1, -0.05) is 56.5 Å². The van der Waals surface area contributed by atoms with E-state index in [2.05, 4.69) is 37.3 Å². The zero-order chi connectivity index (χ0) is 12.3. The first kappa shape index (κ1) is 14.0. The van der Waals surface area contributed by atoms with Crippen LogP contribution in [0.25, 0.3) is 0 Å². The Hall–Kier alpha value is -1.11. The summed E-state index contributed by atoms with van der Waals surface area (Å²) in [5.41, 5.74) is 1.46. The van der Waals surface area contributed by atoms with E-state index in [0.29, 0.717) is 5.92 Å². The molecule has 1 aromatic rings. The molecule has 0 aromatic heterocycles. The van der Waals surface area contributed by atoms with Gasteiger partial charge in [0.05, 0.1) is 0 Å². The average molecular weight is 232 g/mol. The molecule has 0 heterocycles. The normalized spacial score (nSPS) is 12.3. The van der Waals surface area contributed by atoms with Crippen molar-refractivity contribution in [2.75, 3.05) is 0 Å². The van der Waals surface area contributed by atoms with Gasteiger partial charge in [-0.05, 0) is 30.7 Å². The van der Waals surface area contributed by atoms with Gasteiger partial charge in [0.15, 0.2) is 0 Å². The van der Waals surface area contributed by atoms with Gasteiger partial charge in [0.25, 0.3) is 0 Å². The Labute approximate surface area is 105 Å². The predicted octanol–water partition coefficient (Wildman–Crippen LogP) is 4.72. The van der Waals surface area contributed by atoms with Gasteiger partial charge in [0.2, 0.25) is 0 Å². The number of carbonyl (C=O) groups is 1. The lowest BCUT2D eigenvalue weighted by molar-refractivity contribution is -0.107. The van der Waals surface area contributed by atoms with Crippen LogP contribution in [0, 0.1) is 0 Å². The molecule has 17 heavy (non-hydrogen) atoms. The molecule has 1 nitrogen and oxygen atoms in total. The number of unbranched alkanes of at least 4 members (excludes halogenated alkanes) is 3. The van der Waals surface area contributed by atoms with Gasteiger partial charge in [-0.15, -0.1) is 0 Å². The fourth-order valence-electron chi connectivity index (χ4n) is 2.27. The van der Waals surface area contributed by atoms with Crippen LogP contribution in [0.5, 0.6) is 0 Å². The van der Waals surface area contributed by atoms with E-state index in [1.807, 2.05) is 0 Å². The summed E-state index contributed by atoms with van der Waals surface area (Å²) in [5.74, 6) is 0.683. The van der Waals surface area contributed by atoms with Crippen molar-refractivity contribution < 1.29 is 4.79 Å². The molecule has 0 N–H and O–H groups in total. The molecule has 0 aliphatic rings. The number of carbonyl (C=O) groups excluding carboxylic acids is 1. The molecule has 0 bridgehead atoms. The quantitative estimate of drug-likeness (QED) is 0.445. The van der Waals surface area contributed by atoms with Crippen LogP contribution in [0.3, 0.4) is 0 Å². The highest BCUT2D eigenvalue weighted by molar-refractivity contribution is 5.48. The van der Waals surface area contributed by atoms with Crippen LogP contribution in [0.1, 0.15) is 63.4 Å². The molecule has 0 amide bonds. The van der Waals surface area contributed by atoms with Crippen molar-refractivity contribution in [3.05, 3.63) is 35.9 Å². The van der Waals surface area contributed by atoms with E-state index in [4.69, 9.17) is 0 Å². The van der Waals surface area contributed by atoms with Gasteiger partial charge in [-0.25, -0.2) is 0 Å². The van der Waals surface area contributed by atoms with Crippen molar-refractivity contribution >= 4 is 6.29 Å². The molecular formula is C16H24O. The van der Waals surface area contributed by atoms with E-state index in [9.17, 15) is 4.79 Å². The summed E-state index contributed by atoms with van der Waals surface area (Å²) in [6.45, 7) is 2.24. The van der Waals surface area contributed by atoms with Gasteiger partial charge < -0.3 is 4.79 Å². The van der Waals surface area contributed by atoms with Crippen LogP contribution in [0.15, 0.2) is 30.3 Å². The minimum atomic E-state index is 0.683. The molecule has 0 fully saturated rings. The van der Waals surface area contributed by atoms with Crippen molar-refractivity contribution in [1.29, 1.82) is 0 Å². The smallest absolute Gasteiger partial charge is 0.119 e. The van der Waals surface area contributed by atoms with Crippen LogP contribution in [0.2, 0.25) is 0 Å². The number of hydrogen-bond donors (Lipinski definition) is 0. The molecule has 0 spiro atoms. The Bertz CT molecular complexity index is 292. The van der Waals surface area contributed by atoms with E-state index in [1.54, 1.807) is 0 Å². The second kappa shape index (κ2) is 8.98. The summed E-state index contributed by atoms with van der Waals surface area (Å²) in [6.07, 6.45) is 9.02. The first-order valence-electron chi connectivity index (χ1n) is 6.87. The van der Waals surface area contributed by atoms with Crippen LogP contribution in [-0.2, 0) is 4.79 Å². The Morgan fingerprint density at radius 3 is 2.41 bits per heavy atom. The standard InChI is InChI=1S/C16H24O/c1-2-3-10-15(13-8-5-9-14-17)16-11-6-4-7-12-16/h4,6-7,11-12,14-15H,2-3,5,8-10,13H2,1H3. The monoisotopic (exact) mass is 232 g/mol. The van der Waals surface area contributed by atoms with Gasteiger partial charge >= 0.3 is 0 Å². The molecule has 0 saturated heterocycles. The Kier molecular flexibility index (Phi) is 7.37. The van der Waals surface area contributed by atoms with Gasteiger partial charge in [-0.3, -0.25) is 0 Å². The lowest BCUT2D eigenvalue weighted by Crippen LogP contribution is -1.99. The highest BCUT2D eigenvalue weighted by Crippen LogP contribution is 2.27. The summed E-state index contributed by atoms with van der Waals surface area (Å²) in [6, 6.07) is 10.8. The summed E-state index contributed by atoms with van der Waals surface area (Å²) in [7, 11) is 0. The van der Waals surface area contributed by atoms with Crippen molar-refractivity contribution in [1.82, 2.24) is 0 Å². The summed E-state index contributed by atoms with van der Waals surface area (Å²) >= 11 is 0. The second-order valence-electron chi connectivity index (χ2n) is 4.70. The van der Waals surface area contributed by atoms with Crippen molar-refractivity contribution in [3.8, 4) is 0 Å². The lowest BCUT2D eigenvalue weighted by Gasteiger charge is -2.16. The number of rotatable bonds is 9. The zero-order valence-corrected chi connectivity index (χ0v) is 10.9. The highest BCUT2D eigenvalue weighted by Gasteiger charge is 2.10. The Balaban J connectivity index is 2.45. The summed E-state index contributed by atoms with van der Waals surface area (Å²) in [4.78, 5) is 10.3.